The van der Waals surface area contributed by atoms with E-state index in [-0.39, 0.29) is 18.4 Å². The molecule has 0 atom stereocenters. The highest BCUT2D eigenvalue weighted by Crippen LogP contribution is 2.32. The van der Waals surface area contributed by atoms with Crippen LogP contribution in [0.15, 0.2) is 67.8 Å². The maximum absolute atomic E-state index is 12.4. The molecule has 186 valence electrons. The molecule has 2 aromatic carbocycles. The molecule has 34 heavy (non-hydrogen) atoms. The Hall–Kier alpha value is -3.46. The molecule has 0 fully saturated rings. The van der Waals surface area contributed by atoms with Gasteiger partial charge in [0.05, 0.1) is 29.2 Å². The molecule has 2 amide bonds. The van der Waals surface area contributed by atoms with Crippen LogP contribution in [0, 0.1) is 0 Å². The molecule has 0 bridgehead atoms. The molecule has 0 radical (unpaired) electrons. The maximum Gasteiger partial charge on any atom is 0.257 e. The molecule has 0 saturated carbocycles. The van der Waals surface area contributed by atoms with Crippen molar-refractivity contribution >= 4 is 28.9 Å². The van der Waals surface area contributed by atoms with Crippen molar-refractivity contribution in [2.24, 2.45) is 0 Å². The van der Waals surface area contributed by atoms with Gasteiger partial charge in [-0.05, 0) is 44.4 Å². The van der Waals surface area contributed by atoms with E-state index in [1.807, 2.05) is 40.1 Å². The van der Waals surface area contributed by atoms with Crippen LogP contribution in [0.25, 0.3) is 0 Å². The summed E-state index contributed by atoms with van der Waals surface area (Å²) in [5.41, 5.74) is 2.97. The first-order valence-corrected chi connectivity index (χ1v) is 10.9. The molecule has 0 unspecified atom stereocenters. The van der Waals surface area contributed by atoms with Gasteiger partial charge in [-0.3, -0.25) is 9.59 Å². The summed E-state index contributed by atoms with van der Waals surface area (Å²) in [6, 6.07) is 12.3. The number of methoxy groups -OCH3 is 2. The number of benzene rings is 2. The summed E-state index contributed by atoms with van der Waals surface area (Å²) in [5, 5.41) is 11.5. The Kier molecular flexibility index (Phi) is 16.2. The molecule has 4 N–H and O–H groups in total. The van der Waals surface area contributed by atoms with Crippen LogP contribution in [0.3, 0.4) is 0 Å². The molecule has 1 aliphatic rings. The average Bonchev–Trinajstić information content (AvgIpc) is 3.01. The molecule has 2 aromatic rings. The second kappa shape index (κ2) is 18.0. The fraction of sp³-hybridized carbons (Fsp3) is 0.308. The molecule has 0 saturated heterocycles. The van der Waals surface area contributed by atoms with E-state index in [0.717, 1.165) is 11.4 Å². The quantitative estimate of drug-likeness (QED) is 0.365. The zero-order valence-electron chi connectivity index (χ0n) is 21.0. The van der Waals surface area contributed by atoms with Gasteiger partial charge < -0.3 is 30.7 Å². The van der Waals surface area contributed by atoms with E-state index < -0.39 is 6.29 Å². The lowest BCUT2D eigenvalue weighted by atomic mass is 10.1. The Bertz CT molecular complexity index is 905. The lowest BCUT2D eigenvalue weighted by Gasteiger charge is -2.15. The number of hydrogen-bond acceptors (Lipinski definition) is 6. The summed E-state index contributed by atoms with van der Waals surface area (Å²) in [6.45, 7) is 10.9. The Balaban J connectivity index is 0.00000105. The van der Waals surface area contributed by atoms with E-state index in [1.165, 1.54) is 14.2 Å². The first kappa shape index (κ1) is 30.5. The lowest BCUT2D eigenvalue weighted by molar-refractivity contribution is -0.0974. The average molecular weight is 471 g/mol. The van der Waals surface area contributed by atoms with E-state index in [2.05, 4.69) is 34.4 Å². The van der Waals surface area contributed by atoms with Crippen LogP contribution in [-0.2, 0) is 9.47 Å². The number of rotatable bonds is 6. The van der Waals surface area contributed by atoms with Gasteiger partial charge >= 0.3 is 0 Å². The number of anilines is 3. The first-order valence-electron chi connectivity index (χ1n) is 10.9. The third kappa shape index (κ3) is 9.99. The Labute approximate surface area is 203 Å². The van der Waals surface area contributed by atoms with Crippen molar-refractivity contribution in [3.05, 3.63) is 78.9 Å². The summed E-state index contributed by atoms with van der Waals surface area (Å²) in [7, 11) is 6.75. The molecular formula is C26H38N4O4. The van der Waals surface area contributed by atoms with Gasteiger partial charge in [-0.15, -0.1) is 0 Å². The fourth-order valence-corrected chi connectivity index (χ4v) is 2.56. The van der Waals surface area contributed by atoms with Crippen LogP contribution < -0.4 is 21.3 Å². The maximum atomic E-state index is 12.4. The summed E-state index contributed by atoms with van der Waals surface area (Å²) < 4.78 is 10.1. The zero-order chi connectivity index (χ0) is 25.9. The van der Waals surface area contributed by atoms with Crippen LogP contribution in [0.5, 0.6) is 0 Å². The molecule has 8 heteroatoms. The Morgan fingerprint density at radius 1 is 0.971 bits per heavy atom. The Morgan fingerprint density at radius 3 is 2.12 bits per heavy atom. The van der Waals surface area contributed by atoms with E-state index >= 15 is 0 Å². The van der Waals surface area contributed by atoms with Gasteiger partial charge in [0.25, 0.3) is 11.8 Å². The number of allylic oxidation sites excluding steroid dienone is 2. The SMILES string of the molecule is C=CC=C.CC.CNC.COC(CNC(=O)c1ccc2c(c1)NC(=O)c1ccccc1N2)OC. The predicted octanol–water partition coefficient (Wildman–Crippen LogP) is 4.56. The second-order valence-corrected chi connectivity index (χ2v) is 6.47. The van der Waals surface area contributed by atoms with Crippen molar-refractivity contribution in [1.29, 1.82) is 0 Å². The number of carbonyl (C=O) groups excluding carboxylic acids is 2. The van der Waals surface area contributed by atoms with Crippen LogP contribution in [0.2, 0.25) is 0 Å². The van der Waals surface area contributed by atoms with Crippen LogP contribution >= 0.6 is 0 Å². The number of carbonyl (C=O) groups is 2. The van der Waals surface area contributed by atoms with Crippen molar-refractivity contribution in [3.63, 3.8) is 0 Å². The molecule has 3 rings (SSSR count). The number of fused-ring (bicyclic) bond motifs is 2. The van der Waals surface area contributed by atoms with E-state index in [4.69, 9.17) is 9.47 Å². The molecule has 1 heterocycles. The van der Waals surface area contributed by atoms with Gasteiger partial charge in [-0.1, -0.05) is 51.3 Å². The van der Waals surface area contributed by atoms with Crippen molar-refractivity contribution in [2.75, 3.05) is 45.5 Å². The second-order valence-electron chi connectivity index (χ2n) is 6.47. The highest BCUT2D eigenvalue weighted by atomic mass is 16.7. The summed E-state index contributed by atoms with van der Waals surface area (Å²) in [5.74, 6) is -0.504. The van der Waals surface area contributed by atoms with Gasteiger partial charge in [-0.2, -0.15) is 0 Å². The number of hydrogen-bond donors (Lipinski definition) is 4. The van der Waals surface area contributed by atoms with Crippen molar-refractivity contribution in [1.82, 2.24) is 10.6 Å². The largest absolute Gasteiger partial charge is 0.354 e. The van der Waals surface area contributed by atoms with Crippen LogP contribution in [-0.4, -0.2) is 53.0 Å². The highest BCUT2D eigenvalue weighted by molar-refractivity contribution is 6.12. The molecule has 0 aromatic heterocycles. The predicted molar refractivity (Wildman–Crippen MR) is 141 cm³/mol. The number of para-hydroxylation sites is 1. The minimum absolute atomic E-state index is 0.221. The van der Waals surface area contributed by atoms with Crippen molar-refractivity contribution in [2.45, 2.75) is 20.1 Å². The van der Waals surface area contributed by atoms with Crippen LogP contribution in [0.1, 0.15) is 34.6 Å². The van der Waals surface area contributed by atoms with Crippen molar-refractivity contribution in [3.8, 4) is 0 Å². The van der Waals surface area contributed by atoms with Gasteiger partial charge in [0, 0.05) is 19.8 Å². The van der Waals surface area contributed by atoms with Crippen molar-refractivity contribution < 1.29 is 19.1 Å². The van der Waals surface area contributed by atoms with Crippen LogP contribution in [0.4, 0.5) is 17.1 Å². The topological polar surface area (TPSA) is 101 Å². The van der Waals surface area contributed by atoms with E-state index in [1.54, 1.807) is 42.5 Å². The monoisotopic (exact) mass is 470 g/mol. The standard InChI is InChI=1S/C18H19N3O4.C4H6.C2H7N.C2H6/c1-24-16(25-2)10-19-17(22)11-7-8-14-15(9-11)21-18(23)12-5-3-4-6-13(12)20-14;1-3-4-2;1-3-2;1-2/h3-9,16,20H,10H2,1-2H3,(H,19,22)(H,21,23);3-4H,1-2H2;3H,1-2H3;1-2H3. The third-order valence-corrected chi connectivity index (χ3v) is 4.09. The molecular weight excluding hydrogens is 432 g/mol. The Morgan fingerprint density at radius 2 is 1.56 bits per heavy atom. The highest BCUT2D eigenvalue weighted by Gasteiger charge is 2.20. The minimum atomic E-state index is -0.513. The number of amides is 2. The summed E-state index contributed by atoms with van der Waals surface area (Å²) in [6.07, 6.45) is 2.76. The fourth-order valence-electron chi connectivity index (χ4n) is 2.56. The third-order valence-electron chi connectivity index (χ3n) is 4.09. The van der Waals surface area contributed by atoms with Gasteiger partial charge in [0.1, 0.15) is 0 Å². The van der Waals surface area contributed by atoms with Gasteiger partial charge in [0.15, 0.2) is 6.29 Å². The summed E-state index contributed by atoms with van der Waals surface area (Å²) >= 11 is 0. The lowest BCUT2D eigenvalue weighted by Crippen LogP contribution is -2.34. The molecule has 0 spiro atoms. The first-order chi connectivity index (χ1) is 16.4. The number of nitrogens with one attached hydrogen (secondary N) is 4. The molecule has 1 aliphatic heterocycles. The van der Waals surface area contributed by atoms with Gasteiger partial charge in [-0.25, -0.2) is 0 Å². The zero-order valence-corrected chi connectivity index (χ0v) is 21.0. The summed E-state index contributed by atoms with van der Waals surface area (Å²) in [4.78, 5) is 24.7. The molecule has 8 nitrogen and oxygen atoms in total. The van der Waals surface area contributed by atoms with E-state index in [0.29, 0.717) is 16.8 Å². The normalized spacial score (nSPS) is 10.5. The number of ether oxygens (including phenoxy) is 2. The molecule has 0 aliphatic carbocycles. The smallest absolute Gasteiger partial charge is 0.257 e. The van der Waals surface area contributed by atoms with E-state index in [9.17, 15) is 9.59 Å². The minimum Gasteiger partial charge on any atom is -0.354 e. The van der Waals surface area contributed by atoms with Gasteiger partial charge in [0.2, 0.25) is 0 Å².